The van der Waals surface area contributed by atoms with Crippen LogP contribution in [0.1, 0.15) is 19.4 Å². The summed E-state index contributed by atoms with van der Waals surface area (Å²) < 4.78 is 1.15. The van der Waals surface area contributed by atoms with E-state index in [0.717, 1.165) is 37.1 Å². The lowest BCUT2D eigenvalue weighted by Crippen LogP contribution is -2.52. The van der Waals surface area contributed by atoms with Crippen molar-refractivity contribution in [3.05, 3.63) is 28.2 Å². The minimum absolute atomic E-state index is 0.614. The lowest BCUT2D eigenvalue weighted by Gasteiger charge is -2.41. The lowest BCUT2D eigenvalue weighted by atomic mass is 10.1. The van der Waals surface area contributed by atoms with E-state index < -0.39 is 0 Å². The van der Waals surface area contributed by atoms with Gasteiger partial charge in [0, 0.05) is 35.8 Å². The molecule has 0 radical (unpaired) electrons. The van der Waals surface area contributed by atoms with Crippen molar-refractivity contribution in [2.24, 2.45) is 5.73 Å². The van der Waals surface area contributed by atoms with E-state index in [1.807, 2.05) is 0 Å². The minimum atomic E-state index is 0.614. The molecule has 2 rings (SSSR count). The Labute approximate surface area is 124 Å². The summed E-state index contributed by atoms with van der Waals surface area (Å²) >= 11 is 3.59. The summed E-state index contributed by atoms with van der Waals surface area (Å²) in [5.41, 5.74) is 8.44. The highest BCUT2D eigenvalue weighted by molar-refractivity contribution is 9.10. The first-order valence-electron chi connectivity index (χ1n) is 7.13. The quantitative estimate of drug-likeness (QED) is 0.923. The zero-order valence-corrected chi connectivity index (χ0v) is 13.5. The number of likely N-dealkylation sites (N-methyl/N-ethyl adjacent to an activating group) is 1. The molecule has 1 heterocycles. The number of anilines is 1. The molecule has 1 aromatic rings. The Morgan fingerprint density at radius 1 is 1.37 bits per heavy atom. The van der Waals surface area contributed by atoms with Gasteiger partial charge in [-0.05, 0) is 44.1 Å². The molecular formula is C15H24BrN3. The van der Waals surface area contributed by atoms with Crippen LogP contribution in [0.2, 0.25) is 0 Å². The number of hydrogen-bond acceptors (Lipinski definition) is 3. The van der Waals surface area contributed by atoms with Crippen LogP contribution in [0.5, 0.6) is 0 Å². The molecule has 0 saturated carbocycles. The Kier molecular flexibility index (Phi) is 5.25. The second-order valence-corrected chi connectivity index (χ2v) is 6.15. The van der Waals surface area contributed by atoms with Crippen molar-refractivity contribution >= 4 is 21.6 Å². The summed E-state index contributed by atoms with van der Waals surface area (Å²) in [6, 6.07) is 7.16. The molecule has 106 valence electrons. The van der Waals surface area contributed by atoms with Crippen LogP contribution in [-0.4, -0.2) is 43.7 Å². The fraction of sp³-hybridized carbons (Fsp3) is 0.600. The molecule has 0 bridgehead atoms. The maximum atomic E-state index is 5.73. The predicted molar refractivity (Wildman–Crippen MR) is 85.8 cm³/mol. The molecule has 2 N–H and O–H groups in total. The first kappa shape index (κ1) is 14.8. The number of nitrogens with zero attached hydrogens (tertiary/aromatic N) is 2. The second kappa shape index (κ2) is 6.73. The van der Waals surface area contributed by atoms with E-state index in [-0.39, 0.29) is 0 Å². The summed E-state index contributed by atoms with van der Waals surface area (Å²) in [4.78, 5) is 5.05. The highest BCUT2D eigenvalue weighted by Crippen LogP contribution is 2.27. The molecule has 1 atom stereocenters. The molecular weight excluding hydrogens is 302 g/mol. The number of piperazine rings is 1. The van der Waals surface area contributed by atoms with Gasteiger partial charge < -0.3 is 10.6 Å². The molecule has 1 saturated heterocycles. The van der Waals surface area contributed by atoms with Crippen LogP contribution in [0.15, 0.2) is 22.7 Å². The van der Waals surface area contributed by atoms with Crippen LogP contribution in [0.25, 0.3) is 0 Å². The Hall–Kier alpha value is -0.580. The average Bonchev–Trinajstić information content (AvgIpc) is 2.41. The predicted octanol–water partition coefficient (Wildman–Crippen LogP) is 2.48. The number of rotatable bonds is 4. The molecule has 1 fully saturated rings. The summed E-state index contributed by atoms with van der Waals surface area (Å²) in [6.45, 7) is 9.75. The Morgan fingerprint density at radius 2 is 2.16 bits per heavy atom. The van der Waals surface area contributed by atoms with E-state index in [0.29, 0.717) is 12.6 Å². The van der Waals surface area contributed by atoms with E-state index in [2.05, 4.69) is 57.8 Å². The number of benzene rings is 1. The topological polar surface area (TPSA) is 32.5 Å². The normalized spacial score (nSPS) is 20.8. The van der Waals surface area contributed by atoms with Gasteiger partial charge in [0.05, 0.1) is 0 Å². The van der Waals surface area contributed by atoms with E-state index in [9.17, 15) is 0 Å². The third kappa shape index (κ3) is 3.50. The van der Waals surface area contributed by atoms with Crippen molar-refractivity contribution in [3.63, 3.8) is 0 Å². The molecule has 3 nitrogen and oxygen atoms in total. The first-order valence-corrected chi connectivity index (χ1v) is 7.92. The first-order chi connectivity index (χ1) is 9.15. The van der Waals surface area contributed by atoms with Crippen LogP contribution in [0.3, 0.4) is 0 Å². The van der Waals surface area contributed by atoms with Gasteiger partial charge in [-0.1, -0.05) is 28.9 Å². The van der Waals surface area contributed by atoms with Gasteiger partial charge >= 0.3 is 0 Å². The van der Waals surface area contributed by atoms with Crippen LogP contribution in [-0.2, 0) is 6.42 Å². The highest BCUT2D eigenvalue weighted by atomic mass is 79.9. The minimum Gasteiger partial charge on any atom is -0.368 e. The van der Waals surface area contributed by atoms with Crippen molar-refractivity contribution in [1.29, 1.82) is 0 Å². The van der Waals surface area contributed by atoms with Crippen LogP contribution >= 0.6 is 15.9 Å². The Morgan fingerprint density at radius 3 is 2.79 bits per heavy atom. The van der Waals surface area contributed by atoms with Gasteiger partial charge in [0.2, 0.25) is 0 Å². The standard InChI is InChI=1S/C15H24BrN3/c1-3-18-8-9-19(11-12(18)2)15-10-14(16)5-4-13(15)6-7-17/h4-5,10,12H,3,6-9,11,17H2,1-2H3. The van der Waals surface area contributed by atoms with Gasteiger partial charge in [-0.15, -0.1) is 0 Å². The lowest BCUT2D eigenvalue weighted by molar-refractivity contribution is 0.199. The second-order valence-electron chi connectivity index (χ2n) is 5.24. The molecule has 0 aliphatic carbocycles. The van der Waals surface area contributed by atoms with Gasteiger partial charge in [0.1, 0.15) is 0 Å². The van der Waals surface area contributed by atoms with Crippen LogP contribution in [0, 0.1) is 0 Å². The molecule has 1 unspecified atom stereocenters. The summed E-state index contributed by atoms with van der Waals surface area (Å²) in [5.74, 6) is 0. The van der Waals surface area contributed by atoms with Gasteiger partial charge in [-0.2, -0.15) is 0 Å². The van der Waals surface area contributed by atoms with Crippen molar-refractivity contribution in [3.8, 4) is 0 Å². The fourth-order valence-corrected chi connectivity index (χ4v) is 3.23. The average molecular weight is 326 g/mol. The fourth-order valence-electron chi connectivity index (χ4n) is 2.88. The van der Waals surface area contributed by atoms with Gasteiger partial charge in [0.25, 0.3) is 0 Å². The molecule has 1 aliphatic heterocycles. The Balaban J connectivity index is 2.19. The van der Waals surface area contributed by atoms with Crippen molar-refractivity contribution in [2.45, 2.75) is 26.3 Å². The summed E-state index contributed by atoms with van der Waals surface area (Å²) in [6.07, 6.45) is 0.949. The molecule has 1 aromatic carbocycles. The van der Waals surface area contributed by atoms with Gasteiger partial charge in [0.15, 0.2) is 0 Å². The third-order valence-corrected chi connectivity index (χ3v) is 4.47. The van der Waals surface area contributed by atoms with Crippen molar-refractivity contribution in [1.82, 2.24) is 4.90 Å². The SMILES string of the molecule is CCN1CCN(c2cc(Br)ccc2CCN)CC1C. The van der Waals surface area contributed by atoms with Crippen LogP contribution in [0.4, 0.5) is 5.69 Å². The number of halogens is 1. The molecule has 0 spiro atoms. The summed E-state index contributed by atoms with van der Waals surface area (Å²) in [7, 11) is 0. The maximum absolute atomic E-state index is 5.73. The zero-order chi connectivity index (χ0) is 13.8. The molecule has 0 amide bonds. The highest BCUT2D eigenvalue weighted by Gasteiger charge is 2.23. The molecule has 4 heteroatoms. The number of hydrogen-bond donors (Lipinski definition) is 1. The monoisotopic (exact) mass is 325 g/mol. The maximum Gasteiger partial charge on any atom is 0.0411 e. The van der Waals surface area contributed by atoms with E-state index >= 15 is 0 Å². The van der Waals surface area contributed by atoms with Crippen LogP contribution < -0.4 is 10.6 Å². The van der Waals surface area contributed by atoms with E-state index in [4.69, 9.17) is 5.73 Å². The zero-order valence-electron chi connectivity index (χ0n) is 11.9. The molecule has 19 heavy (non-hydrogen) atoms. The van der Waals surface area contributed by atoms with Gasteiger partial charge in [-0.25, -0.2) is 0 Å². The van der Waals surface area contributed by atoms with Crippen molar-refractivity contribution in [2.75, 3.05) is 37.6 Å². The van der Waals surface area contributed by atoms with E-state index in [1.165, 1.54) is 11.3 Å². The smallest absolute Gasteiger partial charge is 0.0411 e. The van der Waals surface area contributed by atoms with Crippen molar-refractivity contribution < 1.29 is 0 Å². The largest absolute Gasteiger partial charge is 0.368 e. The summed E-state index contributed by atoms with van der Waals surface area (Å²) in [5, 5.41) is 0. The third-order valence-electron chi connectivity index (χ3n) is 3.97. The Bertz CT molecular complexity index is 422. The number of nitrogens with two attached hydrogens (primary N) is 1. The van der Waals surface area contributed by atoms with Gasteiger partial charge in [-0.3, -0.25) is 4.90 Å². The molecule has 0 aromatic heterocycles. The van der Waals surface area contributed by atoms with E-state index in [1.54, 1.807) is 0 Å². The molecule has 1 aliphatic rings.